The van der Waals surface area contributed by atoms with Gasteiger partial charge in [-0.25, -0.2) is 0 Å². The van der Waals surface area contributed by atoms with Crippen molar-refractivity contribution in [3.63, 3.8) is 0 Å². The molecule has 4 nitrogen and oxygen atoms in total. The topological polar surface area (TPSA) is 63.6 Å². The average Bonchev–Trinajstić information content (AvgIpc) is 2.87. The molecule has 37 heavy (non-hydrogen) atoms. The number of allylic oxidation sites excluding steroid dienone is 6. The molecular weight excluding hydrogens is 460 g/mol. The summed E-state index contributed by atoms with van der Waals surface area (Å²) >= 11 is 0. The highest BCUT2D eigenvalue weighted by Crippen LogP contribution is 2.17. The first-order valence-corrected chi connectivity index (χ1v) is 15.5. The highest BCUT2D eigenvalue weighted by Gasteiger charge is 2.14. The van der Waals surface area contributed by atoms with Crippen LogP contribution in [0.4, 0.5) is 0 Å². The monoisotopic (exact) mass is 518 g/mol. The van der Waals surface area contributed by atoms with Crippen LogP contribution in [0.25, 0.3) is 0 Å². The maximum absolute atomic E-state index is 12.4. The molecule has 0 bridgehead atoms. The summed E-state index contributed by atoms with van der Waals surface area (Å²) in [5.41, 5.74) is 0. The molecule has 0 aliphatic carbocycles. The molecule has 4 heteroatoms. The Balaban J connectivity index is 3.83. The van der Waals surface area contributed by atoms with Gasteiger partial charge in [0.1, 0.15) is 6.10 Å². The quantitative estimate of drug-likeness (QED) is 0.0667. The lowest BCUT2D eigenvalue weighted by Gasteiger charge is -2.18. The van der Waals surface area contributed by atoms with Crippen molar-refractivity contribution in [1.82, 2.24) is 0 Å². The summed E-state index contributed by atoms with van der Waals surface area (Å²) in [7, 11) is 0. The predicted octanol–water partition coefficient (Wildman–Crippen LogP) is 10.3. The summed E-state index contributed by atoms with van der Waals surface area (Å²) in [4.78, 5) is 23.0. The van der Waals surface area contributed by atoms with Crippen LogP contribution >= 0.6 is 0 Å². The second kappa shape index (κ2) is 28.7. The minimum absolute atomic E-state index is 0.0173. The number of aliphatic carboxylic acids is 1. The number of esters is 1. The first kappa shape index (κ1) is 35.2. The normalized spacial score (nSPS) is 12.7. The van der Waals surface area contributed by atoms with Crippen molar-refractivity contribution in [2.75, 3.05) is 0 Å². The van der Waals surface area contributed by atoms with Crippen LogP contribution < -0.4 is 0 Å². The zero-order valence-corrected chi connectivity index (χ0v) is 24.3. The van der Waals surface area contributed by atoms with Gasteiger partial charge in [-0.15, -0.1) is 0 Å². The smallest absolute Gasteiger partial charge is 0.306 e. The minimum Gasteiger partial charge on any atom is -0.481 e. The van der Waals surface area contributed by atoms with Crippen LogP contribution in [-0.2, 0) is 14.3 Å². The van der Waals surface area contributed by atoms with Crippen molar-refractivity contribution in [3.8, 4) is 0 Å². The van der Waals surface area contributed by atoms with Crippen LogP contribution in [0.1, 0.15) is 155 Å². The minimum atomic E-state index is -0.699. The summed E-state index contributed by atoms with van der Waals surface area (Å²) < 4.78 is 5.87. The van der Waals surface area contributed by atoms with Gasteiger partial charge in [-0.05, 0) is 70.6 Å². The van der Waals surface area contributed by atoms with Gasteiger partial charge in [0.25, 0.3) is 0 Å². The van der Waals surface area contributed by atoms with E-state index in [0.717, 1.165) is 96.3 Å². The Bertz CT molecular complexity index is 605. The molecule has 1 N–H and O–H groups in total. The van der Waals surface area contributed by atoms with E-state index in [4.69, 9.17) is 9.84 Å². The Hall–Kier alpha value is -1.84. The lowest BCUT2D eigenvalue weighted by atomic mass is 10.0. The molecule has 0 saturated heterocycles. The Labute approximate surface area is 229 Å². The fourth-order valence-electron chi connectivity index (χ4n) is 4.37. The van der Waals surface area contributed by atoms with E-state index in [9.17, 15) is 9.59 Å². The van der Waals surface area contributed by atoms with Crippen molar-refractivity contribution in [1.29, 1.82) is 0 Å². The van der Waals surface area contributed by atoms with Crippen molar-refractivity contribution in [2.45, 2.75) is 161 Å². The van der Waals surface area contributed by atoms with E-state index < -0.39 is 5.97 Å². The molecule has 0 amide bonds. The van der Waals surface area contributed by atoms with Crippen LogP contribution in [0.15, 0.2) is 36.5 Å². The van der Waals surface area contributed by atoms with Crippen LogP contribution in [0.2, 0.25) is 0 Å². The zero-order chi connectivity index (χ0) is 27.2. The molecular formula is C33H58O4. The van der Waals surface area contributed by atoms with Gasteiger partial charge < -0.3 is 9.84 Å². The van der Waals surface area contributed by atoms with Crippen LogP contribution in [0.5, 0.6) is 0 Å². The maximum atomic E-state index is 12.4. The van der Waals surface area contributed by atoms with Gasteiger partial charge in [0.15, 0.2) is 0 Å². The van der Waals surface area contributed by atoms with Gasteiger partial charge in [0.2, 0.25) is 0 Å². The predicted molar refractivity (Wildman–Crippen MR) is 158 cm³/mol. The number of hydrogen-bond acceptors (Lipinski definition) is 3. The molecule has 0 saturated carbocycles. The summed E-state index contributed by atoms with van der Waals surface area (Å²) in [6.07, 6.45) is 36.0. The molecule has 0 fully saturated rings. The summed E-state index contributed by atoms with van der Waals surface area (Å²) in [6.45, 7) is 4.36. The van der Waals surface area contributed by atoms with Gasteiger partial charge in [0.05, 0.1) is 0 Å². The molecule has 0 radical (unpaired) electrons. The Morgan fingerprint density at radius 2 is 1.14 bits per heavy atom. The molecule has 0 aromatic heterocycles. The summed E-state index contributed by atoms with van der Waals surface area (Å²) in [6, 6.07) is 0. The van der Waals surface area contributed by atoms with Gasteiger partial charge in [-0.3, -0.25) is 9.59 Å². The third-order valence-electron chi connectivity index (χ3n) is 6.63. The second-order valence-corrected chi connectivity index (χ2v) is 10.3. The van der Waals surface area contributed by atoms with E-state index in [1.165, 1.54) is 32.1 Å². The SMILES string of the molecule is CC/C=C\C/C=C\C/C=C\CCCCCCCC(=O)OC(CCCCC)CCCCCCCCC(=O)O. The van der Waals surface area contributed by atoms with Crippen LogP contribution in [-0.4, -0.2) is 23.1 Å². The Morgan fingerprint density at radius 3 is 1.76 bits per heavy atom. The fourth-order valence-corrected chi connectivity index (χ4v) is 4.37. The molecule has 0 spiro atoms. The lowest BCUT2D eigenvalue weighted by Crippen LogP contribution is -2.18. The van der Waals surface area contributed by atoms with Gasteiger partial charge in [-0.1, -0.05) is 108 Å². The number of hydrogen-bond donors (Lipinski definition) is 1. The number of unbranched alkanes of at least 4 members (excludes halogenated alkanes) is 12. The molecule has 0 heterocycles. The van der Waals surface area contributed by atoms with Crippen LogP contribution in [0, 0.1) is 0 Å². The Morgan fingerprint density at radius 1 is 0.622 bits per heavy atom. The fraction of sp³-hybridized carbons (Fsp3) is 0.758. The van der Waals surface area contributed by atoms with E-state index in [1.807, 2.05) is 0 Å². The highest BCUT2D eigenvalue weighted by molar-refractivity contribution is 5.69. The van der Waals surface area contributed by atoms with Gasteiger partial charge >= 0.3 is 11.9 Å². The van der Waals surface area contributed by atoms with E-state index in [-0.39, 0.29) is 18.5 Å². The molecule has 0 aromatic carbocycles. The van der Waals surface area contributed by atoms with Crippen molar-refractivity contribution in [3.05, 3.63) is 36.5 Å². The van der Waals surface area contributed by atoms with Crippen molar-refractivity contribution in [2.24, 2.45) is 0 Å². The van der Waals surface area contributed by atoms with Gasteiger partial charge in [0, 0.05) is 12.8 Å². The Kier molecular flexibility index (Phi) is 27.3. The number of rotatable bonds is 27. The molecule has 1 unspecified atom stereocenters. The van der Waals surface area contributed by atoms with E-state index >= 15 is 0 Å². The number of carboxylic acid groups (broad SMARTS) is 1. The number of carboxylic acids is 1. The zero-order valence-electron chi connectivity index (χ0n) is 24.3. The molecule has 0 aliphatic heterocycles. The molecule has 0 aliphatic rings. The van der Waals surface area contributed by atoms with E-state index in [0.29, 0.717) is 6.42 Å². The van der Waals surface area contributed by atoms with Gasteiger partial charge in [-0.2, -0.15) is 0 Å². The first-order chi connectivity index (χ1) is 18.1. The second-order valence-electron chi connectivity index (χ2n) is 10.3. The van der Waals surface area contributed by atoms with Crippen LogP contribution in [0.3, 0.4) is 0 Å². The summed E-state index contributed by atoms with van der Waals surface area (Å²) in [5.74, 6) is -0.716. The standard InChI is InChI=1S/C33H58O4/c1-3-5-7-8-9-10-11-12-13-14-15-16-17-22-26-30-33(36)37-31(27-23-6-4-2)28-24-20-18-19-21-25-29-32(34)35/h5,7,9-10,12-13,31H,3-4,6,8,11,14-30H2,1-2H3,(H,34,35)/b7-5-,10-9-,13-12-. The number of carbonyl (C=O) groups is 2. The number of carbonyl (C=O) groups excluding carboxylic acids is 1. The highest BCUT2D eigenvalue weighted by atomic mass is 16.5. The van der Waals surface area contributed by atoms with Crippen molar-refractivity contribution >= 4 is 11.9 Å². The first-order valence-electron chi connectivity index (χ1n) is 15.5. The van der Waals surface area contributed by atoms with E-state index in [2.05, 4.69) is 50.3 Å². The molecule has 1 atom stereocenters. The average molecular weight is 519 g/mol. The maximum Gasteiger partial charge on any atom is 0.306 e. The molecule has 214 valence electrons. The third-order valence-corrected chi connectivity index (χ3v) is 6.63. The molecule has 0 rings (SSSR count). The van der Waals surface area contributed by atoms with E-state index in [1.54, 1.807) is 0 Å². The lowest BCUT2D eigenvalue weighted by molar-refractivity contribution is -0.150. The molecule has 0 aromatic rings. The summed E-state index contributed by atoms with van der Waals surface area (Å²) in [5, 5.41) is 8.69. The third kappa shape index (κ3) is 28.6. The van der Waals surface area contributed by atoms with Crippen molar-refractivity contribution < 1.29 is 19.4 Å². The largest absolute Gasteiger partial charge is 0.481 e. The number of ether oxygens (including phenoxy) is 1.